The van der Waals surface area contributed by atoms with Gasteiger partial charge in [-0.2, -0.15) is 5.26 Å². The molecule has 0 saturated carbocycles. The Bertz CT molecular complexity index is 367. The Kier molecular flexibility index (Phi) is 5.21. The molecule has 1 heterocycles. The Hall–Kier alpha value is -1.69. The van der Waals surface area contributed by atoms with Crippen molar-refractivity contribution in [2.24, 2.45) is 0 Å². The van der Waals surface area contributed by atoms with E-state index in [1.165, 1.54) is 0 Å². The van der Waals surface area contributed by atoms with Crippen LogP contribution in [0.3, 0.4) is 0 Å². The zero-order valence-electron chi connectivity index (χ0n) is 9.52. The summed E-state index contributed by atoms with van der Waals surface area (Å²) in [5.74, 6) is -0.715. The van der Waals surface area contributed by atoms with E-state index in [0.717, 1.165) is 19.3 Å². The number of aromatic nitrogens is 1. The second-order valence-corrected chi connectivity index (χ2v) is 3.74. The fraction of sp³-hybridized carbons (Fsp3) is 0.462. The molecule has 1 aromatic heterocycles. The Morgan fingerprint density at radius 3 is 2.88 bits per heavy atom. The second kappa shape index (κ2) is 6.73. The van der Waals surface area contributed by atoms with Crippen molar-refractivity contribution in [3.05, 3.63) is 30.1 Å². The fourth-order valence-electron chi connectivity index (χ4n) is 1.54. The van der Waals surface area contributed by atoms with E-state index in [0.29, 0.717) is 12.1 Å². The number of hydrogen-bond acceptors (Lipinski definition) is 3. The van der Waals surface area contributed by atoms with Gasteiger partial charge < -0.3 is 0 Å². The Balaban J connectivity index is 2.62. The molecule has 0 spiro atoms. The van der Waals surface area contributed by atoms with Crippen LogP contribution in [0.25, 0.3) is 0 Å². The van der Waals surface area contributed by atoms with Crippen molar-refractivity contribution in [1.29, 1.82) is 5.26 Å². The molecule has 0 N–H and O–H groups in total. The van der Waals surface area contributed by atoms with Gasteiger partial charge in [0.2, 0.25) is 0 Å². The minimum absolute atomic E-state index is 0.0188. The molecule has 0 amide bonds. The highest BCUT2D eigenvalue weighted by molar-refractivity contribution is 5.87. The molecule has 1 aromatic rings. The van der Waals surface area contributed by atoms with Crippen LogP contribution in [0.4, 0.5) is 0 Å². The Morgan fingerprint density at radius 2 is 2.31 bits per heavy atom. The summed E-state index contributed by atoms with van der Waals surface area (Å²) >= 11 is 0. The van der Waals surface area contributed by atoms with Crippen LogP contribution in [-0.4, -0.2) is 10.8 Å². The van der Waals surface area contributed by atoms with Crippen molar-refractivity contribution in [1.82, 2.24) is 4.98 Å². The lowest BCUT2D eigenvalue weighted by Gasteiger charge is -2.06. The van der Waals surface area contributed by atoms with Crippen LogP contribution in [0.5, 0.6) is 0 Å². The Morgan fingerprint density at radius 1 is 1.50 bits per heavy atom. The normalized spacial score (nSPS) is 11.8. The maximum Gasteiger partial charge on any atom is 0.156 e. The fourth-order valence-corrected chi connectivity index (χ4v) is 1.54. The molecule has 1 atom stereocenters. The number of carbonyl (C=O) groups is 1. The average molecular weight is 216 g/mol. The van der Waals surface area contributed by atoms with Crippen molar-refractivity contribution in [3.63, 3.8) is 0 Å². The third-order valence-electron chi connectivity index (χ3n) is 2.46. The summed E-state index contributed by atoms with van der Waals surface area (Å²) in [5.41, 5.74) is 0.562. The Labute approximate surface area is 96.1 Å². The molecule has 3 nitrogen and oxygen atoms in total. The molecule has 1 unspecified atom stereocenters. The monoisotopic (exact) mass is 216 g/mol. The number of ketones is 1. The molecular formula is C13H16N2O. The first-order valence-electron chi connectivity index (χ1n) is 5.62. The summed E-state index contributed by atoms with van der Waals surface area (Å²) in [6.45, 7) is 2.09. The number of carbonyl (C=O) groups excluding carboxylic acids is 1. The maximum atomic E-state index is 11.8. The van der Waals surface area contributed by atoms with Gasteiger partial charge in [-0.1, -0.05) is 25.8 Å². The van der Waals surface area contributed by atoms with Crippen molar-refractivity contribution in [3.8, 4) is 6.07 Å². The summed E-state index contributed by atoms with van der Waals surface area (Å²) in [7, 11) is 0. The summed E-state index contributed by atoms with van der Waals surface area (Å²) in [4.78, 5) is 15.8. The van der Waals surface area contributed by atoms with E-state index in [-0.39, 0.29) is 5.78 Å². The molecule has 0 aliphatic carbocycles. The third kappa shape index (κ3) is 3.47. The van der Waals surface area contributed by atoms with Crippen molar-refractivity contribution >= 4 is 5.78 Å². The number of Topliss-reactive ketones (excluding diaryl/α,β-unsaturated/α-hetero) is 1. The smallest absolute Gasteiger partial charge is 0.156 e. The minimum atomic E-state index is -0.696. The third-order valence-corrected chi connectivity index (χ3v) is 2.46. The topological polar surface area (TPSA) is 53.8 Å². The van der Waals surface area contributed by atoms with Crippen molar-refractivity contribution in [2.45, 2.75) is 38.5 Å². The van der Waals surface area contributed by atoms with Crippen LogP contribution in [0.15, 0.2) is 24.4 Å². The van der Waals surface area contributed by atoms with Crippen LogP contribution in [-0.2, 0) is 4.79 Å². The average Bonchev–Trinajstić information content (AvgIpc) is 2.32. The van der Waals surface area contributed by atoms with Gasteiger partial charge in [-0.25, -0.2) is 0 Å². The molecule has 0 aliphatic rings. The second-order valence-electron chi connectivity index (χ2n) is 3.74. The lowest BCUT2D eigenvalue weighted by Crippen LogP contribution is -2.11. The molecule has 84 valence electrons. The van der Waals surface area contributed by atoms with E-state index in [1.54, 1.807) is 24.4 Å². The van der Waals surface area contributed by atoms with E-state index >= 15 is 0 Å². The highest BCUT2D eigenvalue weighted by Gasteiger charge is 2.20. The molecule has 0 radical (unpaired) electrons. The lowest BCUT2D eigenvalue weighted by molar-refractivity contribution is -0.119. The summed E-state index contributed by atoms with van der Waals surface area (Å²) in [6, 6.07) is 7.34. The molecule has 0 fully saturated rings. The lowest BCUT2D eigenvalue weighted by atomic mass is 9.97. The van der Waals surface area contributed by atoms with Gasteiger partial charge in [0, 0.05) is 12.6 Å². The van der Waals surface area contributed by atoms with Crippen LogP contribution in [0.2, 0.25) is 0 Å². The first-order chi connectivity index (χ1) is 7.79. The van der Waals surface area contributed by atoms with Gasteiger partial charge in [-0.3, -0.25) is 9.78 Å². The molecule has 0 aromatic carbocycles. The predicted molar refractivity (Wildman–Crippen MR) is 61.7 cm³/mol. The number of hydrogen-bond donors (Lipinski definition) is 0. The summed E-state index contributed by atoms with van der Waals surface area (Å²) < 4.78 is 0. The van der Waals surface area contributed by atoms with Gasteiger partial charge in [0.15, 0.2) is 5.78 Å². The van der Waals surface area contributed by atoms with Crippen LogP contribution in [0.1, 0.15) is 44.2 Å². The number of pyridine rings is 1. The van der Waals surface area contributed by atoms with Crippen LogP contribution in [0, 0.1) is 11.3 Å². The van der Waals surface area contributed by atoms with Crippen LogP contribution >= 0.6 is 0 Å². The quantitative estimate of drug-likeness (QED) is 0.687. The molecule has 0 aliphatic heterocycles. The largest absolute Gasteiger partial charge is 0.298 e. The molecule has 0 bridgehead atoms. The van der Waals surface area contributed by atoms with E-state index in [2.05, 4.69) is 11.9 Å². The van der Waals surface area contributed by atoms with E-state index in [9.17, 15) is 4.79 Å². The number of rotatable bonds is 6. The highest BCUT2D eigenvalue weighted by atomic mass is 16.1. The number of nitrogens with zero attached hydrogens (tertiary/aromatic N) is 2. The summed E-state index contributed by atoms with van der Waals surface area (Å²) in [5, 5.41) is 9.00. The predicted octanol–water partition coefficient (Wildman–Crippen LogP) is 2.84. The van der Waals surface area contributed by atoms with E-state index in [4.69, 9.17) is 5.26 Å². The summed E-state index contributed by atoms with van der Waals surface area (Å²) in [6.07, 6.45) is 5.06. The van der Waals surface area contributed by atoms with Crippen molar-refractivity contribution < 1.29 is 4.79 Å². The van der Waals surface area contributed by atoms with Gasteiger partial charge in [-0.05, 0) is 18.6 Å². The zero-order valence-corrected chi connectivity index (χ0v) is 9.52. The first kappa shape index (κ1) is 12.4. The van der Waals surface area contributed by atoms with Gasteiger partial charge >= 0.3 is 0 Å². The number of nitriles is 1. The number of unbranched alkanes of at least 4 members (excludes halogenated alkanes) is 2. The van der Waals surface area contributed by atoms with Gasteiger partial charge in [-0.15, -0.1) is 0 Å². The van der Waals surface area contributed by atoms with Gasteiger partial charge in [0.1, 0.15) is 5.92 Å². The maximum absolute atomic E-state index is 11.8. The molecule has 16 heavy (non-hydrogen) atoms. The standard InChI is InChI=1S/C13H16N2O/c1-2-3-4-8-13(16)11(10-14)12-7-5-6-9-15-12/h5-7,9,11H,2-4,8H2,1H3. The van der Waals surface area contributed by atoms with Crippen LogP contribution < -0.4 is 0 Å². The molecule has 3 heteroatoms. The van der Waals surface area contributed by atoms with E-state index < -0.39 is 5.92 Å². The molecular weight excluding hydrogens is 200 g/mol. The first-order valence-corrected chi connectivity index (χ1v) is 5.62. The van der Waals surface area contributed by atoms with Gasteiger partial charge in [0.25, 0.3) is 0 Å². The zero-order chi connectivity index (χ0) is 11.8. The molecule has 0 saturated heterocycles. The van der Waals surface area contributed by atoms with Crippen molar-refractivity contribution in [2.75, 3.05) is 0 Å². The highest BCUT2D eigenvalue weighted by Crippen LogP contribution is 2.16. The SMILES string of the molecule is CCCCCC(=O)C(C#N)c1ccccn1. The van der Waals surface area contributed by atoms with Gasteiger partial charge in [0.05, 0.1) is 11.8 Å². The minimum Gasteiger partial charge on any atom is -0.298 e. The molecule has 1 rings (SSSR count). The van der Waals surface area contributed by atoms with E-state index in [1.807, 2.05) is 6.07 Å².